The first-order valence-electron chi connectivity index (χ1n) is 12.3. The quantitative estimate of drug-likeness (QED) is 0.425. The van der Waals surface area contributed by atoms with Gasteiger partial charge in [0.15, 0.2) is 11.5 Å². The second-order valence-electron chi connectivity index (χ2n) is 9.58. The fraction of sp³-hybridized carbons (Fsp3) is 0.321. The highest BCUT2D eigenvalue weighted by Gasteiger charge is 2.37. The van der Waals surface area contributed by atoms with Gasteiger partial charge in [0.25, 0.3) is 10.0 Å². The van der Waals surface area contributed by atoms with Crippen LogP contribution >= 0.6 is 0 Å². The molecule has 1 heterocycles. The van der Waals surface area contributed by atoms with Crippen LogP contribution in [0.25, 0.3) is 0 Å². The minimum absolute atomic E-state index is 0.0674. The van der Waals surface area contributed by atoms with Gasteiger partial charge in [-0.3, -0.25) is 9.71 Å². The van der Waals surface area contributed by atoms with Crippen molar-refractivity contribution in [3.8, 4) is 11.5 Å². The molecule has 38 heavy (non-hydrogen) atoms. The lowest BCUT2D eigenvalue weighted by Gasteiger charge is -2.37. The van der Waals surface area contributed by atoms with Gasteiger partial charge in [0.2, 0.25) is 0 Å². The highest BCUT2D eigenvalue weighted by atomic mass is 32.2. The van der Waals surface area contributed by atoms with Crippen molar-refractivity contribution in [1.29, 1.82) is 0 Å². The van der Waals surface area contributed by atoms with Crippen LogP contribution in [-0.4, -0.2) is 45.1 Å². The third kappa shape index (κ3) is 5.23. The van der Waals surface area contributed by atoms with E-state index in [4.69, 9.17) is 14.5 Å². The molecular weight excluding hydrogens is 514 g/mol. The molecule has 3 aromatic rings. The van der Waals surface area contributed by atoms with Gasteiger partial charge >= 0.3 is 6.61 Å². The lowest BCUT2D eigenvalue weighted by molar-refractivity contribution is -0.0513. The van der Waals surface area contributed by atoms with Crippen LogP contribution in [0.5, 0.6) is 11.5 Å². The highest BCUT2D eigenvalue weighted by Crippen LogP contribution is 2.45. The number of aliphatic hydroxyl groups is 1. The Bertz CT molecular complexity index is 1460. The highest BCUT2D eigenvalue weighted by molar-refractivity contribution is 7.92. The van der Waals surface area contributed by atoms with Gasteiger partial charge in [-0.1, -0.05) is 29.8 Å². The molecule has 7 nitrogen and oxygen atoms in total. The molecular formula is C28H28F2N2O5S. The predicted molar refractivity (Wildman–Crippen MR) is 140 cm³/mol. The first kappa shape index (κ1) is 26.1. The molecule has 0 aromatic heterocycles. The fourth-order valence-corrected chi connectivity index (χ4v) is 6.21. The van der Waals surface area contributed by atoms with Gasteiger partial charge < -0.3 is 14.6 Å². The third-order valence-corrected chi connectivity index (χ3v) is 8.43. The average Bonchev–Trinajstić information content (AvgIpc) is 2.88. The van der Waals surface area contributed by atoms with Crippen LogP contribution in [0.1, 0.15) is 47.4 Å². The second-order valence-corrected chi connectivity index (χ2v) is 11.3. The van der Waals surface area contributed by atoms with E-state index in [1.807, 2.05) is 6.92 Å². The van der Waals surface area contributed by atoms with Gasteiger partial charge in [0, 0.05) is 22.7 Å². The number of nitrogens with zero attached hydrogens (tertiary/aromatic N) is 1. The van der Waals surface area contributed by atoms with E-state index in [0.717, 1.165) is 16.7 Å². The summed E-state index contributed by atoms with van der Waals surface area (Å²) in [5, 5.41) is 10.3. The summed E-state index contributed by atoms with van der Waals surface area (Å²) >= 11 is 0. The van der Waals surface area contributed by atoms with Crippen LogP contribution in [0.15, 0.2) is 70.6 Å². The Labute approximate surface area is 220 Å². The number of fused-ring (bicyclic) bond motifs is 3. The van der Waals surface area contributed by atoms with Crippen molar-refractivity contribution in [3.05, 3.63) is 82.9 Å². The third-order valence-electron chi connectivity index (χ3n) is 7.03. The van der Waals surface area contributed by atoms with E-state index >= 15 is 0 Å². The summed E-state index contributed by atoms with van der Waals surface area (Å²) < 4.78 is 64.4. The molecule has 200 valence electrons. The molecule has 1 aliphatic carbocycles. The summed E-state index contributed by atoms with van der Waals surface area (Å²) in [4.78, 5) is 5.16. The van der Waals surface area contributed by atoms with Gasteiger partial charge in [-0.05, 0) is 68.1 Å². The van der Waals surface area contributed by atoms with Gasteiger partial charge in [-0.2, -0.15) is 8.78 Å². The smallest absolute Gasteiger partial charge is 0.387 e. The zero-order valence-electron chi connectivity index (χ0n) is 20.9. The van der Waals surface area contributed by atoms with E-state index in [-0.39, 0.29) is 28.4 Å². The van der Waals surface area contributed by atoms with Crippen LogP contribution in [-0.2, 0) is 10.0 Å². The van der Waals surface area contributed by atoms with E-state index < -0.39 is 22.7 Å². The molecule has 1 fully saturated rings. The molecule has 2 N–H and O–H groups in total. The average molecular weight is 543 g/mol. The number of hydrogen-bond donors (Lipinski definition) is 2. The SMILES string of the molecule is COc1cc2c(cc1OC(F)F)C1CC(O)CCC1N=C2c1ccc(NS(=O)(=O)c2ccc(C)cc2)cc1. The van der Waals surface area contributed by atoms with Crippen molar-refractivity contribution < 1.29 is 31.8 Å². The van der Waals surface area contributed by atoms with Crippen molar-refractivity contribution in [2.45, 2.75) is 55.8 Å². The van der Waals surface area contributed by atoms with Crippen LogP contribution in [0.2, 0.25) is 0 Å². The Morgan fingerprint density at radius 2 is 1.74 bits per heavy atom. The molecule has 0 radical (unpaired) electrons. The van der Waals surface area contributed by atoms with Crippen LogP contribution < -0.4 is 14.2 Å². The van der Waals surface area contributed by atoms with Gasteiger partial charge in [0.1, 0.15) is 0 Å². The standard InChI is InChI=1S/C28H28F2N2O5S/c1-16-3-10-20(11-4-16)38(34,35)32-18-7-5-17(6-8-18)27-23-15-25(36-2)26(37-28(29)30)14-21(23)22-13-19(33)9-12-24(22)31-27/h3-8,10-11,14-15,19,22,24,28,32-33H,9,12-13H2,1-2H3. The maximum absolute atomic E-state index is 13.1. The maximum atomic E-state index is 13.1. The van der Waals surface area contributed by atoms with Gasteiger partial charge in [-0.25, -0.2) is 8.42 Å². The summed E-state index contributed by atoms with van der Waals surface area (Å²) in [6, 6.07) is 16.5. The number of anilines is 1. The first-order valence-corrected chi connectivity index (χ1v) is 13.8. The molecule has 0 amide bonds. The normalized spacial score (nSPS) is 20.8. The number of benzene rings is 3. The monoisotopic (exact) mass is 542 g/mol. The van der Waals surface area contributed by atoms with E-state index in [9.17, 15) is 22.3 Å². The van der Waals surface area contributed by atoms with Gasteiger partial charge in [0.05, 0.1) is 29.9 Å². The largest absolute Gasteiger partial charge is 0.493 e. The number of aryl methyl sites for hydroxylation is 1. The predicted octanol–water partition coefficient (Wildman–Crippen LogP) is 5.25. The number of ether oxygens (including phenoxy) is 2. The van der Waals surface area contributed by atoms with Crippen molar-refractivity contribution in [2.24, 2.45) is 4.99 Å². The summed E-state index contributed by atoms with van der Waals surface area (Å²) in [6.07, 6.45) is 1.22. The maximum Gasteiger partial charge on any atom is 0.387 e. The zero-order chi connectivity index (χ0) is 27.0. The molecule has 5 rings (SSSR count). The molecule has 0 saturated heterocycles. The Hall–Kier alpha value is -3.50. The summed E-state index contributed by atoms with van der Waals surface area (Å²) in [6.45, 7) is -1.13. The first-order chi connectivity index (χ1) is 18.1. The molecule has 2 aliphatic rings. The van der Waals surface area contributed by atoms with Crippen LogP contribution in [0, 0.1) is 6.92 Å². The number of sulfonamides is 1. The number of hydrogen-bond acceptors (Lipinski definition) is 6. The summed E-state index contributed by atoms with van der Waals surface area (Å²) in [5.41, 5.74) is 4.20. The minimum atomic E-state index is -3.76. The van der Waals surface area contributed by atoms with Crippen molar-refractivity contribution in [2.75, 3.05) is 11.8 Å². The van der Waals surface area contributed by atoms with Crippen LogP contribution in [0.3, 0.4) is 0 Å². The molecule has 3 atom stereocenters. The van der Waals surface area contributed by atoms with E-state index in [1.165, 1.54) is 7.11 Å². The number of methoxy groups -OCH3 is 1. The van der Waals surface area contributed by atoms with Gasteiger partial charge in [-0.15, -0.1) is 0 Å². The molecule has 10 heteroatoms. The molecule has 3 aromatic carbocycles. The zero-order valence-corrected chi connectivity index (χ0v) is 21.7. The van der Waals surface area contributed by atoms with Crippen LogP contribution in [0.4, 0.5) is 14.5 Å². The number of alkyl halides is 2. The summed E-state index contributed by atoms with van der Waals surface area (Å²) in [7, 11) is -2.38. The second kappa shape index (κ2) is 10.3. The number of rotatable bonds is 7. The topological polar surface area (TPSA) is 97.2 Å². The van der Waals surface area contributed by atoms with E-state index in [2.05, 4.69) is 4.72 Å². The van der Waals surface area contributed by atoms with Crippen molar-refractivity contribution in [3.63, 3.8) is 0 Å². The van der Waals surface area contributed by atoms with Crippen molar-refractivity contribution >= 4 is 21.4 Å². The Morgan fingerprint density at radius 1 is 1.03 bits per heavy atom. The minimum Gasteiger partial charge on any atom is -0.493 e. The number of nitrogens with one attached hydrogen (secondary N) is 1. The molecule has 1 aliphatic heterocycles. The number of aliphatic hydroxyl groups excluding tert-OH is 1. The molecule has 0 bridgehead atoms. The Morgan fingerprint density at radius 3 is 2.39 bits per heavy atom. The number of aliphatic imine (C=N–C) groups is 1. The Kier molecular flexibility index (Phi) is 7.11. The number of halogens is 2. The lowest BCUT2D eigenvalue weighted by atomic mass is 9.74. The Balaban J connectivity index is 1.50. The molecule has 3 unspecified atom stereocenters. The van der Waals surface area contributed by atoms with Crippen molar-refractivity contribution in [1.82, 2.24) is 0 Å². The van der Waals surface area contributed by atoms with E-state index in [1.54, 1.807) is 60.7 Å². The molecule has 1 saturated carbocycles. The van der Waals surface area contributed by atoms with E-state index in [0.29, 0.717) is 36.2 Å². The lowest BCUT2D eigenvalue weighted by Crippen LogP contribution is -2.34. The molecule has 0 spiro atoms. The summed E-state index contributed by atoms with van der Waals surface area (Å²) in [5.74, 6) is -0.0692. The fourth-order valence-electron chi connectivity index (χ4n) is 5.15.